The molecule has 0 spiro atoms. The quantitative estimate of drug-likeness (QED) is 0.730. The van der Waals surface area contributed by atoms with Gasteiger partial charge in [-0.25, -0.2) is 0 Å². The number of anilines is 1. The Kier molecular flexibility index (Phi) is 4.65. The minimum Gasteiger partial charge on any atom is -0.385 e. The van der Waals surface area contributed by atoms with Gasteiger partial charge in [0.05, 0.1) is 0 Å². The van der Waals surface area contributed by atoms with Crippen molar-refractivity contribution in [3.05, 3.63) is 17.8 Å². The fourth-order valence-corrected chi connectivity index (χ4v) is 1.16. The van der Waals surface area contributed by atoms with Gasteiger partial charge in [0.15, 0.2) is 5.69 Å². The van der Waals surface area contributed by atoms with Gasteiger partial charge >= 0.3 is 0 Å². The molecule has 0 radical (unpaired) electrons. The Morgan fingerprint density at radius 1 is 1.56 bits per heavy atom. The van der Waals surface area contributed by atoms with Crippen LogP contribution in [0, 0.1) is 0 Å². The predicted molar refractivity (Wildman–Crippen MR) is 60.1 cm³/mol. The van der Waals surface area contributed by atoms with Crippen LogP contribution in [0.15, 0.2) is 12.1 Å². The molecule has 1 amide bonds. The molecule has 0 aliphatic heterocycles. The summed E-state index contributed by atoms with van der Waals surface area (Å²) in [5, 5.41) is 10.7. The molecular weight excluding hydrogens is 208 g/mol. The summed E-state index contributed by atoms with van der Waals surface area (Å²) in [4.78, 5) is 10.8. The standard InChI is InChI=1S/C10H16N4O2/c1-7(5-6-16-2)12-9-4-3-8(10(11)15)13-14-9/h3-4,7H,5-6H2,1-2H3,(H2,11,15)(H,12,14). The van der Waals surface area contributed by atoms with Crippen LogP contribution in [0.1, 0.15) is 23.8 Å². The summed E-state index contributed by atoms with van der Waals surface area (Å²) in [7, 11) is 1.66. The van der Waals surface area contributed by atoms with E-state index in [-0.39, 0.29) is 11.7 Å². The van der Waals surface area contributed by atoms with Crippen molar-refractivity contribution in [1.29, 1.82) is 0 Å². The smallest absolute Gasteiger partial charge is 0.269 e. The minimum absolute atomic E-state index is 0.162. The van der Waals surface area contributed by atoms with E-state index in [2.05, 4.69) is 15.5 Å². The van der Waals surface area contributed by atoms with Crippen molar-refractivity contribution in [3.8, 4) is 0 Å². The predicted octanol–water partition coefficient (Wildman–Crippen LogP) is 0.412. The summed E-state index contributed by atoms with van der Waals surface area (Å²) in [5.41, 5.74) is 5.21. The lowest BCUT2D eigenvalue weighted by atomic mass is 10.2. The number of nitrogens with one attached hydrogen (secondary N) is 1. The number of rotatable bonds is 6. The number of carbonyl (C=O) groups is 1. The van der Waals surface area contributed by atoms with Crippen LogP contribution in [0.25, 0.3) is 0 Å². The SMILES string of the molecule is COCCC(C)Nc1ccc(C(N)=O)nn1. The number of nitrogens with zero attached hydrogens (tertiary/aromatic N) is 2. The number of ether oxygens (including phenoxy) is 1. The van der Waals surface area contributed by atoms with Crippen molar-refractivity contribution in [2.45, 2.75) is 19.4 Å². The van der Waals surface area contributed by atoms with Gasteiger partial charge in [0.1, 0.15) is 5.82 Å². The molecule has 1 rings (SSSR count). The molecule has 0 aliphatic rings. The van der Waals surface area contributed by atoms with E-state index in [0.29, 0.717) is 12.4 Å². The van der Waals surface area contributed by atoms with Gasteiger partial charge in [0, 0.05) is 19.8 Å². The Labute approximate surface area is 94.2 Å². The van der Waals surface area contributed by atoms with Gasteiger partial charge in [-0.05, 0) is 25.5 Å². The average molecular weight is 224 g/mol. The molecular formula is C10H16N4O2. The molecule has 1 unspecified atom stereocenters. The number of carbonyl (C=O) groups excluding carboxylic acids is 1. The highest BCUT2D eigenvalue weighted by Crippen LogP contribution is 2.05. The normalized spacial score (nSPS) is 12.1. The van der Waals surface area contributed by atoms with E-state index in [9.17, 15) is 4.79 Å². The summed E-state index contributed by atoms with van der Waals surface area (Å²) >= 11 is 0. The first-order valence-electron chi connectivity index (χ1n) is 5.02. The highest BCUT2D eigenvalue weighted by molar-refractivity contribution is 5.90. The molecule has 0 aliphatic carbocycles. The second kappa shape index (κ2) is 6.02. The van der Waals surface area contributed by atoms with E-state index in [1.807, 2.05) is 6.92 Å². The third-order valence-electron chi connectivity index (χ3n) is 2.07. The second-order valence-corrected chi connectivity index (χ2v) is 3.49. The fourth-order valence-electron chi connectivity index (χ4n) is 1.16. The van der Waals surface area contributed by atoms with Crippen molar-refractivity contribution in [2.24, 2.45) is 5.73 Å². The molecule has 6 nitrogen and oxygen atoms in total. The molecule has 6 heteroatoms. The Balaban J connectivity index is 2.51. The maximum atomic E-state index is 10.8. The maximum Gasteiger partial charge on any atom is 0.269 e. The number of methoxy groups -OCH3 is 1. The first-order chi connectivity index (χ1) is 7.63. The number of primary amides is 1. The van der Waals surface area contributed by atoms with Crippen LogP contribution in [0.3, 0.4) is 0 Å². The second-order valence-electron chi connectivity index (χ2n) is 3.49. The number of nitrogens with two attached hydrogens (primary N) is 1. The monoisotopic (exact) mass is 224 g/mol. The van der Waals surface area contributed by atoms with E-state index in [4.69, 9.17) is 10.5 Å². The lowest BCUT2D eigenvalue weighted by molar-refractivity contribution is 0.0994. The van der Waals surface area contributed by atoms with E-state index >= 15 is 0 Å². The Morgan fingerprint density at radius 2 is 2.31 bits per heavy atom. The fraction of sp³-hybridized carbons (Fsp3) is 0.500. The summed E-state index contributed by atoms with van der Waals surface area (Å²) in [6.45, 7) is 2.70. The highest BCUT2D eigenvalue weighted by atomic mass is 16.5. The van der Waals surface area contributed by atoms with Gasteiger partial charge in [0.25, 0.3) is 5.91 Å². The third kappa shape index (κ3) is 3.82. The number of hydrogen-bond acceptors (Lipinski definition) is 5. The van der Waals surface area contributed by atoms with Crippen LogP contribution in [-0.4, -0.2) is 35.9 Å². The Bertz CT molecular complexity index is 339. The van der Waals surface area contributed by atoms with Crippen LogP contribution >= 0.6 is 0 Å². The maximum absolute atomic E-state index is 10.8. The summed E-state index contributed by atoms with van der Waals surface area (Å²) in [6.07, 6.45) is 0.871. The topological polar surface area (TPSA) is 90.1 Å². The molecule has 0 bridgehead atoms. The molecule has 0 aromatic carbocycles. The lowest BCUT2D eigenvalue weighted by Gasteiger charge is -2.13. The van der Waals surface area contributed by atoms with Gasteiger partial charge in [-0.3, -0.25) is 4.79 Å². The van der Waals surface area contributed by atoms with Crippen LogP contribution in [0.2, 0.25) is 0 Å². The zero-order valence-electron chi connectivity index (χ0n) is 9.43. The lowest BCUT2D eigenvalue weighted by Crippen LogP contribution is -2.19. The van der Waals surface area contributed by atoms with Gasteiger partial charge in [-0.2, -0.15) is 0 Å². The van der Waals surface area contributed by atoms with Crippen LogP contribution in [0.5, 0.6) is 0 Å². The van der Waals surface area contributed by atoms with Crippen molar-refractivity contribution in [3.63, 3.8) is 0 Å². The number of amides is 1. The van der Waals surface area contributed by atoms with E-state index in [1.54, 1.807) is 19.2 Å². The zero-order chi connectivity index (χ0) is 12.0. The van der Waals surface area contributed by atoms with Gasteiger partial charge in [-0.15, -0.1) is 10.2 Å². The van der Waals surface area contributed by atoms with Crippen molar-refractivity contribution in [1.82, 2.24) is 10.2 Å². The molecule has 3 N–H and O–H groups in total. The van der Waals surface area contributed by atoms with Crippen molar-refractivity contribution in [2.75, 3.05) is 19.0 Å². The van der Waals surface area contributed by atoms with Crippen LogP contribution < -0.4 is 11.1 Å². The summed E-state index contributed by atoms with van der Waals surface area (Å²) < 4.78 is 4.96. The zero-order valence-corrected chi connectivity index (χ0v) is 9.43. The van der Waals surface area contributed by atoms with Gasteiger partial charge < -0.3 is 15.8 Å². The summed E-state index contributed by atoms with van der Waals surface area (Å²) in [6, 6.07) is 3.45. The summed E-state index contributed by atoms with van der Waals surface area (Å²) in [5.74, 6) is 0.0417. The minimum atomic E-state index is -0.577. The van der Waals surface area contributed by atoms with Gasteiger partial charge in [-0.1, -0.05) is 0 Å². The van der Waals surface area contributed by atoms with Crippen molar-refractivity contribution < 1.29 is 9.53 Å². The molecule has 1 atom stereocenters. The van der Waals surface area contributed by atoms with E-state index in [1.165, 1.54) is 0 Å². The Morgan fingerprint density at radius 3 is 2.81 bits per heavy atom. The largest absolute Gasteiger partial charge is 0.385 e. The number of aromatic nitrogens is 2. The van der Waals surface area contributed by atoms with Crippen molar-refractivity contribution >= 4 is 11.7 Å². The third-order valence-corrected chi connectivity index (χ3v) is 2.07. The molecule has 16 heavy (non-hydrogen) atoms. The number of hydrogen-bond donors (Lipinski definition) is 2. The first-order valence-corrected chi connectivity index (χ1v) is 5.02. The molecule has 1 aromatic rings. The van der Waals surface area contributed by atoms with Crippen LogP contribution in [0.4, 0.5) is 5.82 Å². The van der Waals surface area contributed by atoms with Gasteiger partial charge in [0.2, 0.25) is 0 Å². The highest BCUT2D eigenvalue weighted by Gasteiger charge is 2.05. The molecule has 0 fully saturated rings. The molecule has 88 valence electrons. The van der Waals surface area contributed by atoms with E-state index < -0.39 is 5.91 Å². The molecule has 0 saturated heterocycles. The van der Waals surface area contributed by atoms with Crippen LogP contribution in [-0.2, 0) is 4.74 Å². The average Bonchev–Trinajstić information content (AvgIpc) is 2.27. The van der Waals surface area contributed by atoms with E-state index in [0.717, 1.165) is 6.42 Å². The molecule has 1 heterocycles. The Hall–Kier alpha value is -1.69. The molecule has 0 saturated carbocycles. The first kappa shape index (κ1) is 12.4. The molecule has 1 aromatic heterocycles.